The third-order valence-corrected chi connectivity index (χ3v) is 3.51. The van der Waals surface area contributed by atoms with E-state index in [2.05, 4.69) is 15.3 Å². The van der Waals surface area contributed by atoms with Gasteiger partial charge in [0.2, 0.25) is 0 Å². The monoisotopic (exact) mass is 300 g/mol. The van der Waals surface area contributed by atoms with Crippen molar-refractivity contribution in [3.63, 3.8) is 0 Å². The predicted octanol–water partition coefficient (Wildman–Crippen LogP) is 2.45. The van der Waals surface area contributed by atoms with Crippen LogP contribution in [0, 0.1) is 6.92 Å². The first-order chi connectivity index (χ1) is 10.6. The number of aromatic nitrogens is 2. The summed E-state index contributed by atoms with van der Waals surface area (Å²) in [6, 6.07) is 7.46. The molecule has 0 atom stereocenters. The van der Waals surface area contributed by atoms with Gasteiger partial charge in [0.15, 0.2) is 5.69 Å². The summed E-state index contributed by atoms with van der Waals surface area (Å²) in [6.45, 7) is 6.85. The van der Waals surface area contributed by atoms with Crippen LogP contribution in [0.4, 0.5) is 5.69 Å². The Morgan fingerprint density at radius 3 is 2.55 bits per heavy atom. The molecule has 1 heterocycles. The lowest BCUT2D eigenvalue weighted by Gasteiger charge is -2.18. The average Bonchev–Trinajstić information content (AvgIpc) is 3.00. The maximum absolute atomic E-state index is 12.4. The minimum absolute atomic E-state index is 0.111. The van der Waals surface area contributed by atoms with Crippen LogP contribution in [0.1, 0.15) is 40.4 Å². The SMILES string of the molecule is CCN(CC)C(=O)c1[nH]cnc1C(=O)Nc1ccccc1C. The first-order valence-electron chi connectivity index (χ1n) is 7.28. The summed E-state index contributed by atoms with van der Waals surface area (Å²) in [6.07, 6.45) is 1.36. The summed E-state index contributed by atoms with van der Waals surface area (Å²) >= 11 is 0. The van der Waals surface area contributed by atoms with Gasteiger partial charge in [0.25, 0.3) is 11.8 Å². The van der Waals surface area contributed by atoms with Crippen LogP contribution in [0.25, 0.3) is 0 Å². The molecule has 2 N–H and O–H groups in total. The van der Waals surface area contributed by atoms with Gasteiger partial charge in [0.05, 0.1) is 6.33 Å². The summed E-state index contributed by atoms with van der Waals surface area (Å²) in [7, 11) is 0. The van der Waals surface area contributed by atoms with Crippen LogP contribution in [0.2, 0.25) is 0 Å². The van der Waals surface area contributed by atoms with Crippen LogP contribution in [-0.2, 0) is 0 Å². The Labute approximate surface area is 129 Å². The van der Waals surface area contributed by atoms with Crippen LogP contribution < -0.4 is 5.32 Å². The number of anilines is 1. The Balaban J connectivity index is 2.24. The molecule has 22 heavy (non-hydrogen) atoms. The van der Waals surface area contributed by atoms with E-state index in [0.29, 0.717) is 18.8 Å². The third kappa shape index (κ3) is 3.16. The van der Waals surface area contributed by atoms with Gasteiger partial charge >= 0.3 is 0 Å². The Morgan fingerprint density at radius 1 is 1.23 bits per heavy atom. The van der Waals surface area contributed by atoms with Gasteiger partial charge in [0.1, 0.15) is 5.69 Å². The Morgan fingerprint density at radius 2 is 1.91 bits per heavy atom. The second-order valence-electron chi connectivity index (χ2n) is 4.87. The van der Waals surface area contributed by atoms with E-state index in [9.17, 15) is 9.59 Å². The number of nitrogens with one attached hydrogen (secondary N) is 2. The first-order valence-corrected chi connectivity index (χ1v) is 7.28. The summed E-state index contributed by atoms with van der Waals surface area (Å²) in [5.41, 5.74) is 1.98. The van der Waals surface area contributed by atoms with Gasteiger partial charge < -0.3 is 15.2 Å². The Bertz CT molecular complexity index is 674. The van der Waals surface area contributed by atoms with Crippen molar-refractivity contribution < 1.29 is 9.59 Å². The molecule has 0 aliphatic heterocycles. The molecule has 0 aliphatic rings. The number of aryl methyl sites for hydroxylation is 1. The number of rotatable bonds is 5. The van der Waals surface area contributed by atoms with E-state index in [-0.39, 0.29) is 17.3 Å². The number of hydrogen-bond donors (Lipinski definition) is 2. The molecule has 0 spiro atoms. The zero-order valence-electron chi connectivity index (χ0n) is 13.0. The van der Waals surface area contributed by atoms with Gasteiger partial charge in [-0.05, 0) is 32.4 Å². The lowest BCUT2D eigenvalue weighted by Crippen LogP contribution is -2.32. The van der Waals surface area contributed by atoms with Gasteiger partial charge in [-0.3, -0.25) is 9.59 Å². The molecule has 116 valence electrons. The van der Waals surface area contributed by atoms with Gasteiger partial charge in [-0.1, -0.05) is 18.2 Å². The van der Waals surface area contributed by atoms with Crippen molar-refractivity contribution in [3.05, 3.63) is 47.5 Å². The highest BCUT2D eigenvalue weighted by Gasteiger charge is 2.23. The van der Waals surface area contributed by atoms with E-state index >= 15 is 0 Å². The van der Waals surface area contributed by atoms with E-state index in [1.165, 1.54) is 6.33 Å². The molecular weight excluding hydrogens is 280 g/mol. The van der Waals surface area contributed by atoms with E-state index in [1.807, 2.05) is 45.0 Å². The lowest BCUT2D eigenvalue weighted by atomic mass is 10.2. The number of carbonyl (C=O) groups is 2. The fraction of sp³-hybridized carbons (Fsp3) is 0.312. The highest BCUT2D eigenvalue weighted by atomic mass is 16.2. The van der Waals surface area contributed by atoms with Crippen molar-refractivity contribution in [1.82, 2.24) is 14.9 Å². The number of hydrogen-bond acceptors (Lipinski definition) is 3. The Hall–Kier alpha value is -2.63. The van der Waals surface area contributed by atoms with Gasteiger partial charge in [-0.15, -0.1) is 0 Å². The van der Waals surface area contributed by atoms with Crippen LogP contribution >= 0.6 is 0 Å². The molecule has 0 aliphatic carbocycles. The van der Waals surface area contributed by atoms with E-state index < -0.39 is 5.91 Å². The number of para-hydroxylation sites is 1. The number of H-pyrrole nitrogens is 1. The van der Waals surface area contributed by atoms with E-state index in [0.717, 1.165) is 5.56 Å². The molecule has 2 amide bonds. The molecule has 1 aromatic heterocycles. The summed E-state index contributed by atoms with van der Waals surface area (Å²) in [5, 5.41) is 2.79. The molecule has 6 nitrogen and oxygen atoms in total. The average molecular weight is 300 g/mol. The molecule has 0 radical (unpaired) electrons. The maximum Gasteiger partial charge on any atom is 0.276 e. The number of nitrogens with zero attached hydrogens (tertiary/aromatic N) is 2. The second-order valence-corrected chi connectivity index (χ2v) is 4.87. The number of carbonyl (C=O) groups excluding carboxylic acids is 2. The molecule has 6 heteroatoms. The molecule has 2 aromatic rings. The van der Waals surface area contributed by atoms with Crippen molar-refractivity contribution in [2.24, 2.45) is 0 Å². The van der Waals surface area contributed by atoms with E-state index in [4.69, 9.17) is 0 Å². The molecule has 0 saturated carbocycles. The zero-order chi connectivity index (χ0) is 16.1. The zero-order valence-corrected chi connectivity index (χ0v) is 13.0. The molecule has 0 saturated heterocycles. The molecule has 1 aromatic carbocycles. The van der Waals surface area contributed by atoms with Gasteiger partial charge in [-0.2, -0.15) is 0 Å². The van der Waals surface area contributed by atoms with Crippen molar-refractivity contribution >= 4 is 17.5 Å². The number of imidazole rings is 1. The number of benzene rings is 1. The van der Waals surface area contributed by atoms with Crippen molar-refractivity contribution in [2.75, 3.05) is 18.4 Å². The van der Waals surface area contributed by atoms with Crippen LogP contribution in [-0.4, -0.2) is 39.8 Å². The first kappa shape index (κ1) is 15.8. The van der Waals surface area contributed by atoms with Gasteiger partial charge in [-0.25, -0.2) is 4.98 Å². The minimum Gasteiger partial charge on any atom is -0.340 e. The highest BCUT2D eigenvalue weighted by molar-refractivity contribution is 6.10. The van der Waals surface area contributed by atoms with Crippen molar-refractivity contribution in [2.45, 2.75) is 20.8 Å². The Kier molecular flexibility index (Phi) is 4.93. The van der Waals surface area contributed by atoms with Crippen molar-refractivity contribution in [1.29, 1.82) is 0 Å². The fourth-order valence-corrected chi connectivity index (χ4v) is 2.19. The molecule has 0 fully saturated rings. The lowest BCUT2D eigenvalue weighted by molar-refractivity contribution is 0.0762. The topological polar surface area (TPSA) is 78.1 Å². The molecule has 2 rings (SSSR count). The third-order valence-electron chi connectivity index (χ3n) is 3.51. The number of aromatic amines is 1. The fourth-order valence-electron chi connectivity index (χ4n) is 2.19. The van der Waals surface area contributed by atoms with Crippen LogP contribution in [0.3, 0.4) is 0 Å². The molecular formula is C16H20N4O2. The summed E-state index contributed by atoms with van der Waals surface area (Å²) in [5.74, 6) is -0.622. The minimum atomic E-state index is -0.397. The normalized spacial score (nSPS) is 10.3. The largest absolute Gasteiger partial charge is 0.340 e. The maximum atomic E-state index is 12.4. The van der Waals surface area contributed by atoms with Crippen LogP contribution in [0.5, 0.6) is 0 Å². The second kappa shape index (κ2) is 6.89. The van der Waals surface area contributed by atoms with Crippen molar-refractivity contribution in [3.8, 4) is 0 Å². The summed E-state index contributed by atoms with van der Waals surface area (Å²) < 4.78 is 0. The molecule has 0 unspecified atom stereocenters. The van der Waals surface area contributed by atoms with Gasteiger partial charge in [0, 0.05) is 18.8 Å². The quantitative estimate of drug-likeness (QED) is 0.890. The highest BCUT2D eigenvalue weighted by Crippen LogP contribution is 2.15. The van der Waals surface area contributed by atoms with E-state index in [1.54, 1.807) is 4.90 Å². The van der Waals surface area contributed by atoms with Crippen LogP contribution in [0.15, 0.2) is 30.6 Å². The predicted molar refractivity (Wildman–Crippen MR) is 85.0 cm³/mol. The molecule has 0 bridgehead atoms. The smallest absolute Gasteiger partial charge is 0.276 e. The standard InChI is InChI=1S/C16H20N4O2/c1-4-20(5-2)16(22)14-13(17-10-18-14)15(21)19-12-9-7-6-8-11(12)3/h6-10H,4-5H2,1-3H3,(H,17,18)(H,19,21). The number of amides is 2. The summed E-state index contributed by atoms with van der Waals surface area (Å²) in [4.78, 5) is 33.2.